The van der Waals surface area contributed by atoms with Crippen LogP contribution >= 0.6 is 0 Å². The number of aromatic nitrogens is 1. The number of rotatable bonds is 2. The third-order valence-corrected chi connectivity index (χ3v) is 1.59. The second kappa shape index (κ2) is 3.81. The molecule has 1 aromatic rings. The van der Waals surface area contributed by atoms with Gasteiger partial charge >= 0.3 is 0 Å². The number of nitriles is 1. The van der Waals surface area contributed by atoms with Crippen LogP contribution in [0.3, 0.4) is 0 Å². The van der Waals surface area contributed by atoms with E-state index in [2.05, 4.69) is 4.98 Å². The van der Waals surface area contributed by atoms with Gasteiger partial charge in [0.25, 0.3) is 6.43 Å². The van der Waals surface area contributed by atoms with Gasteiger partial charge in [0.15, 0.2) is 0 Å². The van der Waals surface area contributed by atoms with Crippen molar-refractivity contribution in [1.82, 2.24) is 4.98 Å². The van der Waals surface area contributed by atoms with E-state index in [-0.39, 0.29) is 17.7 Å². The van der Waals surface area contributed by atoms with Gasteiger partial charge in [-0.3, -0.25) is 4.98 Å². The predicted molar refractivity (Wildman–Crippen MR) is 42.9 cm³/mol. The van der Waals surface area contributed by atoms with Crippen molar-refractivity contribution in [3.8, 4) is 6.07 Å². The first-order valence-electron chi connectivity index (χ1n) is 3.55. The molecule has 0 saturated heterocycles. The van der Waals surface area contributed by atoms with E-state index in [0.717, 1.165) is 0 Å². The minimum atomic E-state index is -2.69. The molecule has 0 saturated carbocycles. The Hall–Kier alpha value is -1.70. The topological polar surface area (TPSA) is 62.7 Å². The second-order valence-electron chi connectivity index (χ2n) is 2.40. The number of nitrogens with zero attached hydrogens (tertiary/aromatic N) is 2. The lowest BCUT2D eigenvalue weighted by Crippen LogP contribution is -2.02. The van der Waals surface area contributed by atoms with Gasteiger partial charge in [-0.15, -0.1) is 0 Å². The van der Waals surface area contributed by atoms with Gasteiger partial charge in [0.2, 0.25) is 0 Å². The summed E-state index contributed by atoms with van der Waals surface area (Å²) in [6.45, 7) is 0. The molecule has 0 radical (unpaired) electrons. The van der Waals surface area contributed by atoms with Gasteiger partial charge in [-0.2, -0.15) is 5.26 Å². The van der Waals surface area contributed by atoms with Crippen molar-refractivity contribution in [2.24, 2.45) is 0 Å². The standard InChI is InChI=1S/C8H7F2N3/c9-8(10)7-5(1-3-11)6(12)2-4-13-7/h2,4,8H,1H2,(H2,12,13). The lowest BCUT2D eigenvalue weighted by atomic mass is 10.1. The monoisotopic (exact) mass is 183 g/mol. The molecule has 1 heterocycles. The zero-order valence-corrected chi connectivity index (χ0v) is 6.67. The van der Waals surface area contributed by atoms with Crippen molar-refractivity contribution < 1.29 is 8.78 Å². The fourth-order valence-corrected chi connectivity index (χ4v) is 0.984. The molecule has 0 aliphatic carbocycles. The summed E-state index contributed by atoms with van der Waals surface area (Å²) in [5.74, 6) is 0. The van der Waals surface area contributed by atoms with Crippen LogP contribution in [0.2, 0.25) is 0 Å². The Morgan fingerprint density at radius 3 is 2.85 bits per heavy atom. The molecule has 68 valence electrons. The first-order valence-corrected chi connectivity index (χ1v) is 3.55. The normalized spacial score (nSPS) is 10.0. The van der Waals surface area contributed by atoms with Crippen molar-refractivity contribution in [1.29, 1.82) is 5.26 Å². The van der Waals surface area contributed by atoms with Crippen molar-refractivity contribution in [2.75, 3.05) is 5.73 Å². The zero-order valence-electron chi connectivity index (χ0n) is 6.67. The summed E-state index contributed by atoms with van der Waals surface area (Å²) in [5.41, 5.74) is 5.33. The van der Waals surface area contributed by atoms with E-state index in [4.69, 9.17) is 11.0 Å². The fraction of sp³-hybridized carbons (Fsp3) is 0.250. The highest BCUT2D eigenvalue weighted by atomic mass is 19.3. The van der Waals surface area contributed by atoms with E-state index in [0.29, 0.717) is 0 Å². The highest BCUT2D eigenvalue weighted by Gasteiger charge is 2.15. The highest BCUT2D eigenvalue weighted by Crippen LogP contribution is 2.24. The van der Waals surface area contributed by atoms with E-state index in [9.17, 15) is 8.78 Å². The molecule has 5 heteroatoms. The van der Waals surface area contributed by atoms with Crippen LogP contribution in [0, 0.1) is 11.3 Å². The Balaban J connectivity index is 3.19. The minimum Gasteiger partial charge on any atom is -0.398 e. The molecule has 0 atom stereocenters. The van der Waals surface area contributed by atoms with Crippen molar-refractivity contribution in [3.05, 3.63) is 23.5 Å². The Labute approximate surface area is 73.8 Å². The molecule has 0 spiro atoms. The van der Waals surface area contributed by atoms with Gasteiger partial charge in [0, 0.05) is 17.4 Å². The van der Waals surface area contributed by atoms with Crippen LogP contribution in [-0.2, 0) is 6.42 Å². The highest BCUT2D eigenvalue weighted by molar-refractivity contribution is 5.49. The Bertz CT molecular complexity index is 344. The first-order chi connectivity index (χ1) is 6.16. The first kappa shape index (κ1) is 9.39. The maximum Gasteiger partial charge on any atom is 0.280 e. The molecule has 0 fully saturated rings. The lowest BCUT2D eigenvalue weighted by Gasteiger charge is -2.06. The van der Waals surface area contributed by atoms with Crippen molar-refractivity contribution in [2.45, 2.75) is 12.8 Å². The number of halogens is 2. The second-order valence-corrected chi connectivity index (χ2v) is 2.40. The molecule has 1 aromatic heterocycles. The number of hydrogen-bond acceptors (Lipinski definition) is 3. The van der Waals surface area contributed by atoms with E-state index in [1.807, 2.05) is 0 Å². The molecular formula is C8H7F2N3. The van der Waals surface area contributed by atoms with Gasteiger partial charge in [0.05, 0.1) is 12.5 Å². The predicted octanol–water partition coefficient (Wildman–Crippen LogP) is 1.67. The molecule has 1 rings (SSSR count). The van der Waals surface area contributed by atoms with Gasteiger partial charge in [-0.25, -0.2) is 8.78 Å². The van der Waals surface area contributed by atoms with Crippen LogP contribution in [0.1, 0.15) is 17.7 Å². The smallest absolute Gasteiger partial charge is 0.280 e. The number of nitrogens with two attached hydrogens (primary N) is 1. The average molecular weight is 183 g/mol. The lowest BCUT2D eigenvalue weighted by molar-refractivity contribution is 0.145. The van der Waals surface area contributed by atoms with Crippen LogP contribution in [0.15, 0.2) is 12.3 Å². The summed E-state index contributed by atoms with van der Waals surface area (Å²) >= 11 is 0. The van der Waals surface area contributed by atoms with Gasteiger partial charge in [-0.1, -0.05) is 0 Å². The third-order valence-electron chi connectivity index (χ3n) is 1.59. The Morgan fingerprint density at radius 2 is 2.31 bits per heavy atom. The molecule has 0 aliphatic rings. The minimum absolute atomic E-state index is 0.125. The van der Waals surface area contributed by atoms with E-state index in [1.165, 1.54) is 12.3 Å². The molecule has 0 unspecified atom stereocenters. The van der Waals surface area contributed by atoms with E-state index in [1.54, 1.807) is 6.07 Å². The largest absolute Gasteiger partial charge is 0.398 e. The molecule has 0 aromatic carbocycles. The van der Waals surface area contributed by atoms with Crippen LogP contribution in [-0.4, -0.2) is 4.98 Å². The van der Waals surface area contributed by atoms with Crippen LogP contribution in [0.5, 0.6) is 0 Å². The van der Waals surface area contributed by atoms with Crippen molar-refractivity contribution in [3.63, 3.8) is 0 Å². The number of alkyl halides is 2. The maximum absolute atomic E-state index is 12.3. The molecule has 0 bridgehead atoms. The van der Waals surface area contributed by atoms with Crippen LogP contribution in [0.4, 0.5) is 14.5 Å². The zero-order chi connectivity index (χ0) is 9.84. The van der Waals surface area contributed by atoms with E-state index >= 15 is 0 Å². The van der Waals surface area contributed by atoms with Gasteiger partial charge < -0.3 is 5.73 Å². The van der Waals surface area contributed by atoms with Gasteiger partial charge in [-0.05, 0) is 6.07 Å². The van der Waals surface area contributed by atoms with Crippen LogP contribution < -0.4 is 5.73 Å². The van der Waals surface area contributed by atoms with Gasteiger partial charge in [0.1, 0.15) is 5.69 Å². The summed E-state index contributed by atoms with van der Waals surface area (Å²) in [6, 6.07) is 3.17. The number of pyridine rings is 1. The SMILES string of the molecule is N#CCc1c(N)ccnc1C(F)F. The molecule has 13 heavy (non-hydrogen) atoms. The summed E-state index contributed by atoms with van der Waals surface area (Å²) < 4.78 is 24.6. The fourth-order valence-electron chi connectivity index (χ4n) is 0.984. The molecule has 0 aliphatic heterocycles. The Kier molecular flexibility index (Phi) is 2.75. The average Bonchev–Trinajstić information content (AvgIpc) is 2.08. The molecule has 2 N–H and O–H groups in total. The number of hydrogen-bond donors (Lipinski definition) is 1. The summed E-state index contributed by atoms with van der Waals surface area (Å²) in [6.07, 6.45) is -1.62. The number of nitrogen functional groups attached to an aromatic ring is 1. The van der Waals surface area contributed by atoms with Crippen LogP contribution in [0.25, 0.3) is 0 Å². The Morgan fingerprint density at radius 1 is 1.62 bits per heavy atom. The summed E-state index contributed by atoms with van der Waals surface area (Å²) in [4.78, 5) is 3.48. The molecular weight excluding hydrogens is 176 g/mol. The van der Waals surface area contributed by atoms with Crippen molar-refractivity contribution >= 4 is 5.69 Å². The molecule has 0 amide bonds. The number of anilines is 1. The maximum atomic E-state index is 12.3. The summed E-state index contributed by atoms with van der Waals surface area (Å²) in [5, 5.41) is 8.37. The van der Waals surface area contributed by atoms with E-state index < -0.39 is 12.1 Å². The quantitative estimate of drug-likeness (QED) is 0.758. The third kappa shape index (κ3) is 1.90. The molecule has 3 nitrogen and oxygen atoms in total. The summed E-state index contributed by atoms with van der Waals surface area (Å²) in [7, 11) is 0.